The standard InChI is InChI=1S/C34H36F3N5O2/c1-2-40-13-15-41(16-14-40)20-24-4-3-22(17-29(24)34(35,36)37)18-32(43)42-21-23-5-8-30(42)28-19-25(6-7-26(23)28)44-31-10-12-39-33-27(31)9-11-38-33/h3-4,6-7,9-12,17,19,23,30H,2,5,8,13-16,18,20-21H2,1H3,(H,38,39). The normalized spacial score (nSPS) is 20.7. The first-order chi connectivity index (χ1) is 21.3. The number of halogens is 3. The summed E-state index contributed by atoms with van der Waals surface area (Å²) in [6.07, 6.45) is 0.770. The third-order valence-electron chi connectivity index (χ3n) is 9.55. The Labute approximate surface area is 254 Å². The first kappa shape index (κ1) is 28.9. The molecular weight excluding hydrogens is 567 g/mol. The maximum absolute atomic E-state index is 14.2. The number of piperidine rings is 1. The van der Waals surface area contributed by atoms with E-state index in [-0.39, 0.29) is 36.4 Å². The van der Waals surface area contributed by atoms with E-state index in [1.54, 1.807) is 18.3 Å². The summed E-state index contributed by atoms with van der Waals surface area (Å²) < 4.78 is 48.9. The maximum Gasteiger partial charge on any atom is 0.416 e. The van der Waals surface area contributed by atoms with Gasteiger partial charge in [-0.2, -0.15) is 13.2 Å². The quantitative estimate of drug-likeness (QED) is 0.261. The Balaban J connectivity index is 1.08. The van der Waals surface area contributed by atoms with Gasteiger partial charge in [0, 0.05) is 57.6 Å². The summed E-state index contributed by atoms with van der Waals surface area (Å²) in [5.74, 6) is 1.43. The molecule has 1 aliphatic carbocycles. The number of likely N-dealkylation sites (N-methyl/N-ethyl adjacent to an activating group) is 1. The third-order valence-corrected chi connectivity index (χ3v) is 9.55. The molecule has 4 aliphatic rings. The molecule has 1 N–H and O–H groups in total. The fourth-order valence-corrected chi connectivity index (χ4v) is 7.17. The molecule has 10 heteroatoms. The van der Waals surface area contributed by atoms with Gasteiger partial charge >= 0.3 is 6.18 Å². The molecule has 0 saturated carbocycles. The number of ether oxygens (including phenoxy) is 1. The Bertz CT molecular complexity index is 1680. The molecule has 2 aromatic heterocycles. The molecule has 2 bridgehead atoms. The van der Waals surface area contributed by atoms with Crippen LogP contribution >= 0.6 is 0 Å². The van der Waals surface area contributed by atoms with E-state index in [0.29, 0.717) is 23.6 Å². The molecule has 2 atom stereocenters. The van der Waals surface area contributed by atoms with Crippen LogP contribution in [0.5, 0.6) is 11.5 Å². The molecular formula is C34H36F3N5O2. The highest BCUT2D eigenvalue weighted by Crippen LogP contribution is 2.48. The number of carbonyl (C=O) groups is 1. The van der Waals surface area contributed by atoms with E-state index in [1.165, 1.54) is 11.6 Å². The highest BCUT2D eigenvalue weighted by atomic mass is 19.4. The topological polar surface area (TPSA) is 64.7 Å². The molecule has 8 rings (SSSR count). The van der Waals surface area contributed by atoms with Gasteiger partial charge in [0.15, 0.2) is 0 Å². The molecule has 1 amide bonds. The predicted octanol–water partition coefficient (Wildman–Crippen LogP) is 6.51. The summed E-state index contributed by atoms with van der Waals surface area (Å²) in [6.45, 7) is 7.10. The summed E-state index contributed by atoms with van der Waals surface area (Å²) in [5, 5.41) is 0.881. The monoisotopic (exact) mass is 603 g/mol. The zero-order valence-electron chi connectivity index (χ0n) is 24.7. The van der Waals surface area contributed by atoms with Gasteiger partial charge in [-0.1, -0.05) is 25.1 Å². The van der Waals surface area contributed by atoms with Crippen molar-refractivity contribution >= 4 is 16.9 Å². The first-order valence-electron chi connectivity index (χ1n) is 15.4. The van der Waals surface area contributed by atoms with Gasteiger partial charge in [-0.15, -0.1) is 0 Å². The van der Waals surface area contributed by atoms with Gasteiger partial charge in [0.1, 0.15) is 17.1 Å². The number of pyridine rings is 1. The van der Waals surface area contributed by atoms with Crippen LogP contribution in [0.2, 0.25) is 0 Å². The van der Waals surface area contributed by atoms with Crippen LogP contribution in [0.3, 0.4) is 0 Å². The number of nitrogens with one attached hydrogen (secondary N) is 1. The molecule has 2 fully saturated rings. The van der Waals surface area contributed by atoms with Gasteiger partial charge in [0.25, 0.3) is 0 Å². The summed E-state index contributed by atoms with van der Waals surface area (Å²) in [7, 11) is 0. The molecule has 0 radical (unpaired) electrons. The Morgan fingerprint density at radius 1 is 1.00 bits per heavy atom. The van der Waals surface area contributed by atoms with Crippen molar-refractivity contribution in [3.05, 3.63) is 88.7 Å². The highest BCUT2D eigenvalue weighted by Gasteiger charge is 2.41. The van der Waals surface area contributed by atoms with Gasteiger partial charge in [0.2, 0.25) is 5.91 Å². The largest absolute Gasteiger partial charge is 0.457 e. The fourth-order valence-electron chi connectivity index (χ4n) is 7.17. The van der Waals surface area contributed by atoms with Gasteiger partial charge in [-0.05, 0) is 72.0 Å². The molecule has 0 spiro atoms. The molecule has 44 heavy (non-hydrogen) atoms. The molecule has 230 valence electrons. The van der Waals surface area contributed by atoms with Crippen molar-refractivity contribution in [2.75, 3.05) is 39.3 Å². The van der Waals surface area contributed by atoms with Gasteiger partial charge in [0.05, 0.1) is 23.4 Å². The van der Waals surface area contributed by atoms with Gasteiger partial charge < -0.3 is 19.5 Å². The second-order valence-electron chi connectivity index (χ2n) is 12.2. The van der Waals surface area contributed by atoms with Crippen LogP contribution in [0, 0.1) is 0 Å². The maximum atomic E-state index is 14.2. The van der Waals surface area contributed by atoms with Gasteiger partial charge in [-0.3, -0.25) is 9.69 Å². The van der Waals surface area contributed by atoms with Crippen molar-refractivity contribution in [2.24, 2.45) is 0 Å². The van der Waals surface area contributed by atoms with E-state index in [2.05, 4.69) is 32.8 Å². The lowest BCUT2D eigenvalue weighted by molar-refractivity contribution is -0.139. The molecule has 4 aromatic rings. The van der Waals surface area contributed by atoms with Gasteiger partial charge in [-0.25, -0.2) is 4.98 Å². The number of benzene rings is 2. The van der Waals surface area contributed by atoms with Crippen molar-refractivity contribution < 1.29 is 22.7 Å². The lowest BCUT2D eigenvalue weighted by atomic mass is 9.74. The van der Waals surface area contributed by atoms with Crippen LogP contribution in [0.25, 0.3) is 11.0 Å². The number of nitrogens with zero attached hydrogens (tertiary/aromatic N) is 4. The smallest absolute Gasteiger partial charge is 0.416 e. The average molecular weight is 604 g/mol. The van der Waals surface area contributed by atoms with Crippen molar-refractivity contribution in [3.8, 4) is 11.5 Å². The molecule has 2 saturated heterocycles. The molecule has 5 heterocycles. The van der Waals surface area contributed by atoms with Crippen LogP contribution in [0.1, 0.15) is 59.5 Å². The summed E-state index contributed by atoms with van der Waals surface area (Å²) >= 11 is 0. The Morgan fingerprint density at radius 3 is 2.61 bits per heavy atom. The molecule has 7 nitrogen and oxygen atoms in total. The van der Waals surface area contributed by atoms with Crippen LogP contribution in [-0.4, -0.2) is 69.8 Å². The van der Waals surface area contributed by atoms with Crippen molar-refractivity contribution in [2.45, 2.75) is 50.9 Å². The second-order valence-corrected chi connectivity index (χ2v) is 12.2. The average Bonchev–Trinajstić information content (AvgIpc) is 3.52. The Hall–Kier alpha value is -3.89. The number of fused-ring (bicyclic) bond motifs is 3. The van der Waals surface area contributed by atoms with E-state index in [0.717, 1.165) is 62.2 Å². The third kappa shape index (κ3) is 5.57. The molecule has 3 aliphatic heterocycles. The number of aromatic nitrogens is 2. The summed E-state index contributed by atoms with van der Waals surface area (Å²) in [4.78, 5) is 27.3. The van der Waals surface area contributed by atoms with E-state index in [9.17, 15) is 18.0 Å². The zero-order chi connectivity index (χ0) is 30.4. The number of alkyl halides is 3. The zero-order valence-corrected chi connectivity index (χ0v) is 24.7. The van der Waals surface area contributed by atoms with Crippen LogP contribution in [-0.2, 0) is 23.9 Å². The van der Waals surface area contributed by atoms with Crippen molar-refractivity contribution in [3.63, 3.8) is 0 Å². The minimum atomic E-state index is -4.49. The summed E-state index contributed by atoms with van der Waals surface area (Å²) in [5.41, 5.74) is 3.06. The number of aromatic amines is 1. The minimum Gasteiger partial charge on any atom is -0.457 e. The lowest BCUT2D eigenvalue weighted by Crippen LogP contribution is -2.46. The molecule has 2 aromatic carbocycles. The fraction of sp³-hybridized carbons (Fsp3) is 0.412. The Kier molecular flexibility index (Phi) is 7.58. The highest BCUT2D eigenvalue weighted by molar-refractivity contribution is 5.83. The molecule has 2 unspecified atom stereocenters. The lowest BCUT2D eigenvalue weighted by Gasteiger charge is -2.46. The van der Waals surface area contributed by atoms with E-state index in [4.69, 9.17) is 4.74 Å². The number of carbonyl (C=O) groups excluding carboxylic acids is 1. The predicted molar refractivity (Wildman–Crippen MR) is 162 cm³/mol. The minimum absolute atomic E-state index is 0.0598. The number of amides is 1. The van der Waals surface area contributed by atoms with Crippen LogP contribution < -0.4 is 4.74 Å². The number of hydrogen-bond donors (Lipinski definition) is 1. The van der Waals surface area contributed by atoms with Crippen LogP contribution in [0.15, 0.2) is 60.9 Å². The number of rotatable bonds is 7. The SMILES string of the molecule is CCN1CCN(Cc2ccc(CC(=O)N3CC4CCC3c3cc(Oc5ccnc6[nH]ccc56)ccc34)cc2C(F)(F)F)CC1. The van der Waals surface area contributed by atoms with Crippen molar-refractivity contribution in [1.29, 1.82) is 0 Å². The van der Waals surface area contributed by atoms with Crippen molar-refractivity contribution in [1.82, 2.24) is 24.7 Å². The van der Waals surface area contributed by atoms with E-state index >= 15 is 0 Å². The van der Waals surface area contributed by atoms with Crippen LogP contribution in [0.4, 0.5) is 13.2 Å². The van der Waals surface area contributed by atoms with E-state index < -0.39 is 11.7 Å². The van der Waals surface area contributed by atoms with E-state index in [1.807, 2.05) is 35.4 Å². The number of piperazine rings is 1. The first-order valence-corrected chi connectivity index (χ1v) is 15.4. The summed E-state index contributed by atoms with van der Waals surface area (Å²) in [6, 6.07) is 14.1. The second kappa shape index (κ2) is 11.6. The number of hydrogen-bond acceptors (Lipinski definition) is 5. The Morgan fingerprint density at radius 2 is 1.82 bits per heavy atom. The number of H-pyrrole nitrogens is 1.